The summed E-state index contributed by atoms with van der Waals surface area (Å²) in [6.45, 7) is -1.36. The first-order valence-electron chi connectivity index (χ1n) is 5.00. The summed E-state index contributed by atoms with van der Waals surface area (Å²) in [4.78, 5) is 21.4. The quantitative estimate of drug-likeness (QED) is 0.694. The van der Waals surface area contributed by atoms with Gasteiger partial charge in [0.05, 0.1) is 12.7 Å². The van der Waals surface area contributed by atoms with Crippen molar-refractivity contribution in [1.82, 2.24) is 25.6 Å². The minimum Gasteiger partial charge on any atom is -0.476 e. The third kappa shape index (κ3) is 5.70. The largest absolute Gasteiger partial charge is 0.476 e. The van der Waals surface area contributed by atoms with Crippen LogP contribution in [0.3, 0.4) is 0 Å². The minimum absolute atomic E-state index is 0.0217. The van der Waals surface area contributed by atoms with Gasteiger partial charge in [-0.3, -0.25) is 0 Å². The van der Waals surface area contributed by atoms with Crippen molar-refractivity contribution in [3.63, 3.8) is 0 Å². The van der Waals surface area contributed by atoms with E-state index in [9.17, 15) is 22.8 Å². The lowest BCUT2D eigenvalue weighted by Gasteiger charge is -2.09. The lowest BCUT2D eigenvalue weighted by Crippen LogP contribution is -2.41. The van der Waals surface area contributed by atoms with Gasteiger partial charge in [0.25, 0.3) is 0 Å². The van der Waals surface area contributed by atoms with Crippen molar-refractivity contribution >= 4 is 12.0 Å². The van der Waals surface area contributed by atoms with Crippen molar-refractivity contribution in [2.75, 3.05) is 13.1 Å². The second kappa shape index (κ2) is 6.02. The van der Waals surface area contributed by atoms with E-state index in [4.69, 9.17) is 5.11 Å². The molecule has 0 aliphatic rings. The maximum absolute atomic E-state index is 11.8. The zero-order valence-corrected chi connectivity index (χ0v) is 9.44. The molecule has 2 amide bonds. The van der Waals surface area contributed by atoms with Gasteiger partial charge in [0, 0.05) is 6.54 Å². The van der Waals surface area contributed by atoms with Gasteiger partial charge >= 0.3 is 18.2 Å². The van der Waals surface area contributed by atoms with Crippen molar-refractivity contribution in [2.24, 2.45) is 0 Å². The molecule has 0 spiro atoms. The Bertz CT molecular complexity index is 459. The van der Waals surface area contributed by atoms with E-state index in [1.165, 1.54) is 0 Å². The Morgan fingerprint density at radius 1 is 1.37 bits per heavy atom. The highest BCUT2D eigenvalue weighted by atomic mass is 19.4. The molecule has 3 N–H and O–H groups in total. The number of rotatable bonds is 5. The number of halogens is 3. The summed E-state index contributed by atoms with van der Waals surface area (Å²) in [7, 11) is 0. The summed E-state index contributed by atoms with van der Waals surface area (Å²) in [5, 5.41) is 19.1. The number of urea groups is 1. The number of nitrogens with zero attached hydrogens (tertiary/aromatic N) is 3. The molecule has 1 heterocycles. The number of carboxylic acids is 1. The predicted molar refractivity (Wildman–Crippen MR) is 54.4 cm³/mol. The van der Waals surface area contributed by atoms with Gasteiger partial charge in [-0.2, -0.15) is 13.2 Å². The van der Waals surface area contributed by atoms with E-state index in [1.54, 1.807) is 5.32 Å². The Kier molecular flexibility index (Phi) is 4.67. The van der Waals surface area contributed by atoms with Crippen LogP contribution in [0.2, 0.25) is 0 Å². The van der Waals surface area contributed by atoms with E-state index >= 15 is 0 Å². The zero-order chi connectivity index (χ0) is 14.5. The summed E-state index contributed by atoms with van der Waals surface area (Å²) < 4.78 is 36.4. The van der Waals surface area contributed by atoms with E-state index in [0.717, 1.165) is 10.9 Å². The number of aromatic nitrogens is 3. The van der Waals surface area contributed by atoms with E-state index in [-0.39, 0.29) is 18.8 Å². The lowest BCUT2D eigenvalue weighted by atomic mass is 10.5. The van der Waals surface area contributed by atoms with Crippen molar-refractivity contribution < 1.29 is 27.9 Å². The first-order chi connectivity index (χ1) is 8.78. The number of carbonyl (C=O) groups is 2. The van der Waals surface area contributed by atoms with Crippen LogP contribution in [0.25, 0.3) is 0 Å². The third-order valence-electron chi connectivity index (χ3n) is 1.83. The first kappa shape index (κ1) is 14.7. The number of aromatic carboxylic acids is 1. The summed E-state index contributed by atoms with van der Waals surface area (Å²) >= 11 is 0. The smallest absolute Gasteiger partial charge is 0.405 e. The lowest BCUT2D eigenvalue weighted by molar-refractivity contribution is -0.122. The topological polar surface area (TPSA) is 109 Å². The molecule has 0 aliphatic carbocycles. The molecule has 0 unspecified atom stereocenters. The van der Waals surface area contributed by atoms with Gasteiger partial charge in [-0.25, -0.2) is 14.3 Å². The summed E-state index contributed by atoms with van der Waals surface area (Å²) in [6.07, 6.45) is -3.34. The van der Waals surface area contributed by atoms with E-state index in [0.29, 0.717) is 0 Å². The van der Waals surface area contributed by atoms with Gasteiger partial charge in [0.15, 0.2) is 5.69 Å². The van der Waals surface area contributed by atoms with Crippen LogP contribution in [0.5, 0.6) is 0 Å². The molecule has 0 saturated heterocycles. The van der Waals surface area contributed by atoms with Crippen molar-refractivity contribution in [1.29, 1.82) is 0 Å². The number of alkyl halides is 3. The molecular weight excluding hydrogens is 271 g/mol. The Balaban J connectivity index is 2.26. The molecule has 11 heteroatoms. The standard InChI is InChI=1S/C8H10F3N5O3/c9-8(10,11)4-13-7(19)12-1-2-16-3-5(6(17)18)14-15-16/h3H,1-2,4H2,(H,17,18)(H2,12,13,19). The van der Waals surface area contributed by atoms with Crippen molar-refractivity contribution in [3.05, 3.63) is 11.9 Å². The highest BCUT2D eigenvalue weighted by Gasteiger charge is 2.27. The fraction of sp³-hybridized carbons (Fsp3) is 0.500. The van der Waals surface area contributed by atoms with Crippen LogP contribution in [0.4, 0.5) is 18.0 Å². The van der Waals surface area contributed by atoms with Crippen molar-refractivity contribution in [2.45, 2.75) is 12.7 Å². The number of carbonyl (C=O) groups excluding carboxylic acids is 1. The monoisotopic (exact) mass is 281 g/mol. The molecule has 0 bridgehead atoms. The Hall–Kier alpha value is -2.33. The van der Waals surface area contributed by atoms with Gasteiger partial charge in [0.1, 0.15) is 6.54 Å². The van der Waals surface area contributed by atoms with Crippen LogP contribution in [0, 0.1) is 0 Å². The van der Waals surface area contributed by atoms with Gasteiger partial charge in [-0.05, 0) is 0 Å². The number of hydrogen-bond donors (Lipinski definition) is 3. The van der Waals surface area contributed by atoms with Crippen LogP contribution in [0.15, 0.2) is 6.20 Å². The van der Waals surface area contributed by atoms with Gasteiger partial charge in [-0.15, -0.1) is 5.10 Å². The molecule has 0 radical (unpaired) electrons. The van der Waals surface area contributed by atoms with Crippen molar-refractivity contribution in [3.8, 4) is 0 Å². The second-order valence-corrected chi connectivity index (χ2v) is 3.40. The van der Waals surface area contributed by atoms with Crippen LogP contribution in [-0.4, -0.2) is 51.4 Å². The number of nitrogens with one attached hydrogen (secondary N) is 2. The fourth-order valence-electron chi connectivity index (χ4n) is 1.03. The van der Waals surface area contributed by atoms with Gasteiger partial charge < -0.3 is 15.7 Å². The normalized spacial score (nSPS) is 11.1. The molecule has 1 rings (SSSR count). The maximum atomic E-state index is 11.8. The Labute approximate surface area is 104 Å². The minimum atomic E-state index is -4.47. The fourth-order valence-corrected chi connectivity index (χ4v) is 1.03. The second-order valence-electron chi connectivity index (χ2n) is 3.40. The number of amides is 2. The van der Waals surface area contributed by atoms with Gasteiger partial charge in [0.2, 0.25) is 0 Å². The predicted octanol–water partition coefficient (Wildman–Crippen LogP) is -0.162. The molecule has 0 aliphatic heterocycles. The molecule has 1 aromatic heterocycles. The Morgan fingerprint density at radius 2 is 2.05 bits per heavy atom. The van der Waals surface area contributed by atoms with Crippen LogP contribution < -0.4 is 10.6 Å². The first-order valence-corrected chi connectivity index (χ1v) is 5.00. The molecule has 1 aromatic rings. The molecular formula is C8H10F3N5O3. The number of carboxylic acid groups (broad SMARTS) is 1. The molecule has 0 saturated carbocycles. The van der Waals surface area contributed by atoms with E-state index in [2.05, 4.69) is 15.6 Å². The van der Waals surface area contributed by atoms with Gasteiger partial charge in [-0.1, -0.05) is 5.21 Å². The molecule has 19 heavy (non-hydrogen) atoms. The van der Waals surface area contributed by atoms with Crippen LogP contribution >= 0.6 is 0 Å². The molecule has 8 nitrogen and oxygen atoms in total. The SMILES string of the molecule is O=C(NCCn1cc(C(=O)O)nn1)NCC(F)(F)F. The highest BCUT2D eigenvalue weighted by Crippen LogP contribution is 2.11. The summed E-state index contributed by atoms with van der Waals surface area (Å²) in [6, 6.07) is -0.976. The van der Waals surface area contributed by atoms with E-state index < -0.39 is 24.7 Å². The Morgan fingerprint density at radius 3 is 2.58 bits per heavy atom. The molecule has 0 atom stereocenters. The summed E-state index contributed by atoms with van der Waals surface area (Å²) in [5.41, 5.74) is -0.262. The van der Waals surface area contributed by atoms with Crippen LogP contribution in [-0.2, 0) is 6.54 Å². The number of hydrogen-bond acceptors (Lipinski definition) is 4. The summed E-state index contributed by atoms with van der Waals surface area (Å²) in [5.74, 6) is -1.25. The molecule has 0 aromatic carbocycles. The average molecular weight is 281 g/mol. The average Bonchev–Trinajstić information content (AvgIpc) is 2.74. The highest BCUT2D eigenvalue weighted by molar-refractivity contribution is 5.84. The third-order valence-corrected chi connectivity index (χ3v) is 1.83. The van der Waals surface area contributed by atoms with Crippen LogP contribution in [0.1, 0.15) is 10.5 Å². The maximum Gasteiger partial charge on any atom is 0.405 e. The molecule has 0 fully saturated rings. The zero-order valence-electron chi connectivity index (χ0n) is 9.44. The molecule has 106 valence electrons. The van der Waals surface area contributed by atoms with E-state index in [1.807, 2.05) is 0 Å².